The maximum absolute atomic E-state index is 11.7. The number of benzene rings is 1. The summed E-state index contributed by atoms with van der Waals surface area (Å²) in [4.78, 5) is 11.7. The van der Waals surface area contributed by atoms with E-state index in [2.05, 4.69) is 0 Å². The fourth-order valence-electron chi connectivity index (χ4n) is 1.77. The summed E-state index contributed by atoms with van der Waals surface area (Å²) in [6, 6.07) is 4.10. The quantitative estimate of drug-likeness (QED) is 0.796. The first-order chi connectivity index (χ1) is 8.36. The highest BCUT2D eigenvalue weighted by molar-refractivity contribution is 5.77. The first-order valence-corrected chi connectivity index (χ1v) is 5.56. The lowest BCUT2D eigenvalue weighted by atomic mass is 9.80. The maximum atomic E-state index is 11.7. The highest BCUT2D eigenvalue weighted by atomic mass is 16.5. The minimum absolute atomic E-state index is 0.00109. The number of phenolic OH excluding ortho intramolecular Hbond substituents is 1. The number of carbonyl (C=O) groups is 1. The molecule has 0 unspecified atom stereocenters. The molecule has 18 heavy (non-hydrogen) atoms. The molecule has 0 heterocycles. The summed E-state index contributed by atoms with van der Waals surface area (Å²) in [6.45, 7) is 3.32. The van der Waals surface area contributed by atoms with Crippen molar-refractivity contribution in [3.63, 3.8) is 0 Å². The van der Waals surface area contributed by atoms with Gasteiger partial charge in [0.2, 0.25) is 0 Å². The fourth-order valence-corrected chi connectivity index (χ4v) is 1.77. The first kappa shape index (κ1) is 14.3. The molecule has 1 atom stereocenters. The Morgan fingerprint density at radius 3 is 2.50 bits per heavy atom. The van der Waals surface area contributed by atoms with Crippen LogP contribution in [0.1, 0.15) is 25.5 Å². The van der Waals surface area contributed by atoms with E-state index in [0.717, 1.165) is 0 Å². The number of rotatable bonds is 4. The highest BCUT2D eigenvalue weighted by Crippen LogP contribution is 2.41. The second-order valence-corrected chi connectivity index (χ2v) is 4.58. The van der Waals surface area contributed by atoms with E-state index in [-0.39, 0.29) is 5.75 Å². The normalized spacial score (nSPS) is 12.9. The molecule has 0 aliphatic carbocycles. The summed E-state index contributed by atoms with van der Waals surface area (Å²) in [5, 5.41) is 9.90. The van der Waals surface area contributed by atoms with Crippen molar-refractivity contribution in [1.82, 2.24) is 0 Å². The van der Waals surface area contributed by atoms with Gasteiger partial charge in [0, 0.05) is 0 Å². The van der Waals surface area contributed by atoms with Crippen LogP contribution < -0.4 is 10.5 Å². The Kier molecular flexibility index (Phi) is 4.19. The lowest BCUT2D eigenvalue weighted by Crippen LogP contribution is -2.37. The zero-order valence-corrected chi connectivity index (χ0v) is 11.1. The van der Waals surface area contributed by atoms with Crippen LogP contribution in [0.5, 0.6) is 11.5 Å². The number of phenols is 1. The standard InChI is InChI=1S/C13H19NO4/c1-13(2,12(16)18-4)11(14)10-8(15)6-5-7-9(10)17-3/h5-7,11,15H,14H2,1-4H3/t11-/m0/s1. The van der Waals surface area contributed by atoms with Crippen LogP contribution in [0.4, 0.5) is 0 Å². The molecular weight excluding hydrogens is 234 g/mol. The van der Waals surface area contributed by atoms with Crippen molar-refractivity contribution in [1.29, 1.82) is 0 Å². The van der Waals surface area contributed by atoms with Crippen molar-refractivity contribution in [2.24, 2.45) is 11.1 Å². The van der Waals surface area contributed by atoms with Crippen molar-refractivity contribution in [3.8, 4) is 11.5 Å². The molecule has 0 aromatic heterocycles. The zero-order valence-electron chi connectivity index (χ0n) is 11.1. The van der Waals surface area contributed by atoms with Gasteiger partial charge in [0.05, 0.1) is 31.2 Å². The predicted molar refractivity (Wildman–Crippen MR) is 67.4 cm³/mol. The molecule has 100 valence electrons. The Morgan fingerprint density at radius 2 is 2.00 bits per heavy atom. The molecule has 0 saturated carbocycles. The molecule has 1 rings (SSSR count). The zero-order chi connectivity index (χ0) is 13.9. The topological polar surface area (TPSA) is 81.8 Å². The van der Waals surface area contributed by atoms with Crippen LogP contribution in [0.15, 0.2) is 18.2 Å². The Labute approximate surface area is 107 Å². The molecule has 0 radical (unpaired) electrons. The smallest absolute Gasteiger partial charge is 0.313 e. The van der Waals surface area contributed by atoms with E-state index in [9.17, 15) is 9.90 Å². The van der Waals surface area contributed by atoms with Crippen LogP contribution in [0, 0.1) is 5.41 Å². The number of esters is 1. The van der Waals surface area contributed by atoms with Crippen LogP contribution in [-0.2, 0) is 9.53 Å². The van der Waals surface area contributed by atoms with Crippen molar-refractivity contribution in [2.75, 3.05) is 14.2 Å². The lowest BCUT2D eigenvalue weighted by molar-refractivity contribution is -0.152. The summed E-state index contributed by atoms with van der Waals surface area (Å²) >= 11 is 0. The molecule has 3 N–H and O–H groups in total. The largest absolute Gasteiger partial charge is 0.507 e. The van der Waals surface area contributed by atoms with E-state index in [1.54, 1.807) is 26.0 Å². The Balaban J connectivity index is 3.26. The van der Waals surface area contributed by atoms with Gasteiger partial charge in [-0.15, -0.1) is 0 Å². The maximum Gasteiger partial charge on any atom is 0.313 e. The molecule has 0 amide bonds. The Bertz CT molecular complexity index is 443. The Hall–Kier alpha value is -1.75. The van der Waals surface area contributed by atoms with Crippen molar-refractivity contribution < 1.29 is 19.4 Å². The fraction of sp³-hybridized carbons (Fsp3) is 0.462. The van der Waals surface area contributed by atoms with Crippen molar-refractivity contribution >= 4 is 5.97 Å². The summed E-state index contributed by atoms with van der Waals surface area (Å²) in [5.41, 5.74) is 5.51. The molecule has 0 bridgehead atoms. The van der Waals surface area contributed by atoms with E-state index in [1.165, 1.54) is 20.3 Å². The average molecular weight is 253 g/mol. The second-order valence-electron chi connectivity index (χ2n) is 4.58. The van der Waals surface area contributed by atoms with Gasteiger partial charge in [0.15, 0.2) is 0 Å². The number of hydrogen-bond donors (Lipinski definition) is 2. The molecule has 0 fully saturated rings. The van der Waals surface area contributed by atoms with Gasteiger partial charge in [0.1, 0.15) is 11.5 Å². The molecule has 0 saturated heterocycles. The number of methoxy groups -OCH3 is 2. The van der Waals surface area contributed by atoms with E-state index >= 15 is 0 Å². The minimum atomic E-state index is -0.971. The van der Waals surface area contributed by atoms with Gasteiger partial charge < -0.3 is 20.3 Å². The van der Waals surface area contributed by atoms with Gasteiger partial charge in [-0.1, -0.05) is 6.07 Å². The van der Waals surface area contributed by atoms with Gasteiger partial charge >= 0.3 is 5.97 Å². The van der Waals surface area contributed by atoms with Crippen molar-refractivity contribution in [2.45, 2.75) is 19.9 Å². The molecule has 0 aliphatic rings. The number of hydrogen-bond acceptors (Lipinski definition) is 5. The Morgan fingerprint density at radius 1 is 1.39 bits per heavy atom. The summed E-state index contributed by atoms with van der Waals surface area (Å²) < 4.78 is 9.89. The molecule has 0 aliphatic heterocycles. The molecule has 1 aromatic rings. The number of aromatic hydroxyl groups is 1. The van der Waals surface area contributed by atoms with Gasteiger partial charge in [-0.05, 0) is 26.0 Å². The van der Waals surface area contributed by atoms with Crippen LogP contribution in [0.2, 0.25) is 0 Å². The van der Waals surface area contributed by atoms with Crippen LogP contribution in [-0.4, -0.2) is 25.3 Å². The number of ether oxygens (including phenoxy) is 2. The number of carbonyl (C=O) groups excluding carboxylic acids is 1. The monoisotopic (exact) mass is 253 g/mol. The van der Waals surface area contributed by atoms with Gasteiger partial charge in [0.25, 0.3) is 0 Å². The summed E-state index contributed by atoms with van der Waals surface area (Å²) in [6.07, 6.45) is 0. The van der Waals surface area contributed by atoms with E-state index in [4.69, 9.17) is 15.2 Å². The summed E-state index contributed by atoms with van der Waals surface area (Å²) in [5.74, 6) is -0.00128. The predicted octanol–water partition coefficient (Wildman–Crippen LogP) is 1.60. The van der Waals surface area contributed by atoms with Gasteiger partial charge in [-0.3, -0.25) is 4.79 Å². The third kappa shape index (κ3) is 2.41. The van der Waals surface area contributed by atoms with Gasteiger partial charge in [-0.25, -0.2) is 0 Å². The third-order valence-electron chi connectivity index (χ3n) is 3.06. The first-order valence-electron chi connectivity index (χ1n) is 5.56. The van der Waals surface area contributed by atoms with Crippen LogP contribution in [0.3, 0.4) is 0 Å². The van der Waals surface area contributed by atoms with Gasteiger partial charge in [-0.2, -0.15) is 0 Å². The van der Waals surface area contributed by atoms with E-state index < -0.39 is 17.4 Å². The van der Waals surface area contributed by atoms with E-state index in [1.807, 2.05) is 0 Å². The molecular formula is C13H19NO4. The third-order valence-corrected chi connectivity index (χ3v) is 3.06. The van der Waals surface area contributed by atoms with Crippen LogP contribution >= 0.6 is 0 Å². The minimum Gasteiger partial charge on any atom is -0.507 e. The average Bonchev–Trinajstić information content (AvgIpc) is 2.36. The number of nitrogens with two attached hydrogens (primary N) is 1. The van der Waals surface area contributed by atoms with Crippen molar-refractivity contribution in [3.05, 3.63) is 23.8 Å². The second kappa shape index (κ2) is 5.27. The lowest BCUT2D eigenvalue weighted by Gasteiger charge is -2.30. The SMILES string of the molecule is COC(=O)C(C)(C)[C@@H](N)c1c(O)cccc1OC. The summed E-state index contributed by atoms with van der Waals surface area (Å²) in [7, 11) is 2.79. The van der Waals surface area contributed by atoms with E-state index in [0.29, 0.717) is 11.3 Å². The van der Waals surface area contributed by atoms with Crippen LogP contribution in [0.25, 0.3) is 0 Å². The molecule has 5 nitrogen and oxygen atoms in total. The molecule has 5 heteroatoms. The molecule has 1 aromatic carbocycles. The molecule has 0 spiro atoms. The highest BCUT2D eigenvalue weighted by Gasteiger charge is 2.39.